The Bertz CT molecular complexity index is 138. The van der Waals surface area contributed by atoms with Crippen LogP contribution in [-0.4, -0.2) is 5.97 Å². The molecule has 0 N–H and O–H groups in total. The Labute approximate surface area is 97.1 Å². The second kappa shape index (κ2) is 6.70. The monoisotopic (exact) mass is 150 g/mol. The Hall–Kier alpha value is 0.586. The molecule has 0 aromatic rings. The van der Waals surface area contributed by atoms with Crippen molar-refractivity contribution in [1.82, 2.24) is 0 Å². The van der Waals surface area contributed by atoms with Crippen LogP contribution in [0, 0.1) is 0 Å². The first kappa shape index (κ1) is 12.3. The average molecular weight is 150 g/mol. The number of carbonyl (C=O) groups is 1. The summed E-state index contributed by atoms with van der Waals surface area (Å²) >= 11 is 0. The predicted molar refractivity (Wildman–Crippen MR) is 29.0 cm³/mol. The Kier molecular flexibility index (Phi) is 9.15. The Morgan fingerprint density at radius 1 is 1.67 bits per heavy atom. The standard InChI is InChI=1S/C6H8O2.K/c1-3-4-5(2)6(7)8;/h3-4H,1H2,2H3,(H,7,8);/q;+1/p-1/b5-4-;. The summed E-state index contributed by atoms with van der Waals surface area (Å²) in [5.74, 6) is -1.15. The van der Waals surface area contributed by atoms with Crippen molar-refractivity contribution < 1.29 is 61.3 Å². The van der Waals surface area contributed by atoms with E-state index in [-0.39, 0.29) is 57.0 Å². The second-order valence-corrected chi connectivity index (χ2v) is 1.37. The molecular weight excluding hydrogens is 143 g/mol. The third kappa shape index (κ3) is 6.47. The molecule has 0 bridgehead atoms. The number of carboxylic acids is 1. The minimum Gasteiger partial charge on any atom is -0.545 e. The average Bonchev–Trinajstić information content (AvgIpc) is 1.67. The van der Waals surface area contributed by atoms with Gasteiger partial charge in [-0.25, -0.2) is 0 Å². The van der Waals surface area contributed by atoms with Gasteiger partial charge in [0.1, 0.15) is 0 Å². The summed E-state index contributed by atoms with van der Waals surface area (Å²) in [6.45, 7) is 4.77. The molecule has 0 fully saturated rings. The number of hydrogen-bond donors (Lipinski definition) is 0. The molecule has 0 heterocycles. The summed E-state index contributed by atoms with van der Waals surface area (Å²) in [6, 6.07) is 0. The zero-order valence-electron chi connectivity index (χ0n) is 5.68. The minimum absolute atomic E-state index is 0. The van der Waals surface area contributed by atoms with Gasteiger partial charge in [0.2, 0.25) is 0 Å². The number of allylic oxidation sites excluding steroid dienone is 2. The van der Waals surface area contributed by atoms with Gasteiger partial charge in [-0.05, 0) is 12.5 Å². The van der Waals surface area contributed by atoms with E-state index in [4.69, 9.17) is 0 Å². The minimum atomic E-state index is -1.15. The number of aliphatic carboxylic acids is 1. The normalized spacial score (nSPS) is 9.67. The van der Waals surface area contributed by atoms with Crippen molar-refractivity contribution >= 4 is 5.97 Å². The van der Waals surface area contributed by atoms with E-state index in [1.54, 1.807) is 0 Å². The molecule has 0 unspecified atom stereocenters. The third-order valence-electron chi connectivity index (χ3n) is 0.690. The van der Waals surface area contributed by atoms with Gasteiger partial charge in [0.25, 0.3) is 0 Å². The predicted octanol–water partition coefficient (Wildman–Crippen LogP) is -3.13. The van der Waals surface area contributed by atoms with Crippen molar-refractivity contribution in [3.05, 3.63) is 24.3 Å². The maximum absolute atomic E-state index is 9.86. The van der Waals surface area contributed by atoms with Crippen LogP contribution < -0.4 is 56.5 Å². The Morgan fingerprint density at radius 3 is 2.22 bits per heavy atom. The van der Waals surface area contributed by atoms with Gasteiger partial charge in [0.05, 0.1) is 5.97 Å². The quantitative estimate of drug-likeness (QED) is 0.237. The smallest absolute Gasteiger partial charge is 0.545 e. The zero-order chi connectivity index (χ0) is 6.57. The van der Waals surface area contributed by atoms with E-state index < -0.39 is 5.97 Å². The van der Waals surface area contributed by atoms with Crippen LogP contribution in [0.4, 0.5) is 0 Å². The second-order valence-electron chi connectivity index (χ2n) is 1.37. The van der Waals surface area contributed by atoms with Crippen LogP contribution >= 0.6 is 0 Å². The zero-order valence-corrected chi connectivity index (χ0v) is 8.80. The summed E-state index contributed by atoms with van der Waals surface area (Å²) in [5, 5.41) is 9.86. The van der Waals surface area contributed by atoms with E-state index in [1.165, 1.54) is 19.1 Å². The number of hydrogen-bond acceptors (Lipinski definition) is 2. The number of carbonyl (C=O) groups excluding carboxylic acids is 1. The molecule has 0 atom stereocenters. The topological polar surface area (TPSA) is 40.1 Å². The molecule has 0 aromatic carbocycles. The van der Waals surface area contributed by atoms with Crippen LogP contribution in [0.3, 0.4) is 0 Å². The van der Waals surface area contributed by atoms with Crippen molar-refractivity contribution in [2.24, 2.45) is 0 Å². The van der Waals surface area contributed by atoms with Crippen LogP contribution in [-0.2, 0) is 4.79 Å². The van der Waals surface area contributed by atoms with E-state index in [2.05, 4.69) is 6.58 Å². The molecule has 0 rings (SSSR count). The fraction of sp³-hybridized carbons (Fsp3) is 0.167. The van der Waals surface area contributed by atoms with Gasteiger partial charge in [0, 0.05) is 0 Å². The van der Waals surface area contributed by atoms with Crippen molar-refractivity contribution in [3.63, 3.8) is 0 Å². The van der Waals surface area contributed by atoms with Gasteiger partial charge in [-0.2, -0.15) is 0 Å². The molecule has 0 saturated carbocycles. The molecule has 0 aliphatic carbocycles. The van der Waals surface area contributed by atoms with Crippen LogP contribution in [0.1, 0.15) is 6.92 Å². The number of rotatable bonds is 2. The van der Waals surface area contributed by atoms with Crippen molar-refractivity contribution in [1.29, 1.82) is 0 Å². The largest absolute Gasteiger partial charge is 1.00 e. The molecule has 0 aliphatic rings. The van der Waals surface area contributed by atoms with Crippen LogP contribution in [0.5, 0.6) is 0 Å². The SMILES string of the molecule is C=C/C=C(/C)C(=O)[O-].[K+]. The van der Waals surface area contributed by atoms with Gasteiger partial charge in [-0.1, -0.05) is 18.7 Å². The Balaban J connectivity index is 0. The van der Waals surface area contributed by atoms with Crippen molar-refractivity contribution in [2.75, 3.05) is 0 Å². The van der Waals surface area contributed by atoms with Gasteiger partial charge >= 0.3 is 51.4 Å². The van der Waals surface area contributed by atoms with Gasteiger partial charge in [-0.15, -0.1) is 0 Å². The molecule has 9 heavy (non-hydrogen) atoms. The summed E-state index contributed by atoms with van der Waals surface area (Å²) in [6.07, 6.45) is 2.79. The molecule has 0 aliphatic heterocycles. The van der Waals surface area contributed by atoms with Gasteiger partial charge in [0.15, 0.2) is 0 Å². The molecule has 3 heteroatoms. The van der Waals surface area contributed by atoms with Crippen LogP contribution in [0.25, 0.3) is 0 Å². The van der Waals surface area contributed by atoms with Gasteiger partial charge in [-0.3, -0.25) is 0 Å². The maximum atomic E-state index is 9.86. The molecule has 0 spiro atoms. The molecule has 44 valence electrons. The van der Waals surface area contributed by atoms with E-state index >= 15 is 0 Å². The van der Waals surface area contributed by atoms with E-state index in [0.717, 1.165) is 0 Å². The third-order valence-corrected chi connectivity index (χ3v) is 0.690. The Morgan fingerprint density at radius 2 is 2.11 bits per heavy atom. The van der Waals surface area contributed by atoms with Gasteiger partial charge < -0.3 is 9.90 Å². The van der Waals surface area contributed by atoms with E-state index in [1.807, 2.05) is 0 Å². The first-order valence-electron chi connectivity index (χ1n) is 2.19. The molecule has 0 radical (unpaired) electrons. The number of carboxylic acid groups (broad SMARTS) is 1. The molecule has 0 aromatic heterocycles. The molecule has 0 amide bonds. The first-order chi connectivity index (χ1) is 3.68. The fourth-order valence-electron chi connectivity index (χ4n) is 0.245. The van der Waals surface area contributed by atoms with Crippen molar-refractivity contribution in [3.8, 4) is 0 Å². The molecular formula is C6H7KO2. The van der Waals surface area contributed by atoms with E-state index in [9.17, 15) is 9.90 Å². The summed E-state index contributed by atoms with van der Waals surface area (Å²) in [5.41, 5.74) is 0.194. The molecule has 0 saturated heterocycles. The van der Waals surface area contributed by atoms with E-state index in [0.29, 0.717) is 0 Å². The maximum Gasteiger partial charge on any atom is 1.00 e. The summed E-state index contributed by atoms with van der Waals surface area (Å²) in [4.78, 5) is 9.86. The first-order valence-corrected chi connectivity index (χ1v) is 2.19. The molecule has 2 nitrogen and oxygen atoms in total. The fourth-order valence-corrected chi connectivity index (χ4v) is 0.245. The van der Waals surface area contributed by atoms with Crippen LogP contribution in [0.15, 0.2) is 24.3 Å². The summed E-state index contributed by atoms with van der Waals surface area (Å²) < 4.78 is 0. The van der Waals surface area contributed by atoms with Crippen molar-refractivity contribution in [2.45, 2.75) is 6.92 Å². The summed E-state index contributed by atoms with van der Waals surface area (Å²) in [7, 11) is 0. The van der Waals surface area contributed by atoms with Crippen LogP contribution in [0.2, 0.25) is 0 Å².